The van der Waals surface area contributed by atoms with E-state index in [4.69, 9.17) is 18.0 Å². The van der Waals surface area contributed by atoms with E-state index in [0.717, 1.165) is 10.2 Å². The van der Waals surface area contributed by atoms with Crippen molar-refractivity contribution in [2.24, 2.45) is 0 Å². The summed E-state index contributed by atoms with van der Waals surface area (Å²) < 4.78 is 3.63. The van der Waals surface area contributed by atoms with Gasteiger partial charge in [-0.3, -0.25) is 9.36 Å². The van der Waals surface area contributed by atoms with Crippen molar-refractivity contribution in [3.63, 3.8) is 0 Å². The maximum atomic E-state index is 12.5. The summed E-state index contributed by atoms with van der Waals surface area (Å²) >= 11 is 6.09. The Balaban J connectivity index is 2.27. The van der Waals surface area contributed by atoms with Crippen molar-refractivity contribution in [1.29, 1.82) is 0 Å². The first-order valence-corrected chi connectivity index (χ1v) is 6.81. The second-order valence-electron chi connectivity index (χ2n) is 4.74. The molecule has 2 aromatic heterocycles. The van der Waals surface area contributed by atoms with Crippen molar-refractivity contribution in [3.8, 4) is 18.0 Å². The second-order valence-corrected chi connectivity index (χ2v) is 5.15. The van der Waals surface area contributed by atoms with Crippen LogP contribution in [0.2, 0.25) is 5.02 Å². The van der Waals surface area contributed by atoms with E-state index in [9.17, 15) is 9.59 Å². The van der Waals surface area contributed by atoms with Crippen molar-refractivity contribution in [2.45, 2.75) is 13.5 Å². The Morgan fingerprint density at radius 3 is 2.77 bits per heavy atom. The second kappa shape index (κ2) is 5.20. The average molecular weight is 315 g/mol. The third-order valence-corrected chi connectivity index (χ3v) is 3.73. The van der Waals surface area contributed by atoms with Gasteiger partial charge in [-0.1, -0.05) is 23.6 Å². The van der Waals surface area contributed by atoms with Gasteiger partial charge in [-0.25, -0.2) is 13.9 Å². The van der Waals surface area contributed by atoms with Crippen molar-refractivity contribution in [1.82, 2.24) is 18.7 Å². The fourth-order valence-electron chi connectivity index (χ4n) is 2.13. The molecule has 0 saturated heterocycles. The van der Waals surface area contributed by atoms with E-state index in [1.54, 1.807) is 12.1 Å². The average Bonchev–Trinajstić information content (AvgIpc) is 2.81. The van der Waals surface area contributed by atoms with Gasteiger partial charge in [0.15, 0.2) is 0 Å². The van der Waals surface area contributed by atoms with Crippen LogP contribution in [0, 0.1) is 19.3 Å². The molecule has 1 aromatic carbocycles. The van der Waals surface area contributed by atoms with Crippen molar-refractivity contribution >= 4 is 17.2 Å². The largest absolute Gasteiger partial charge is 0.351 e. The van der Waals surface area contributed by atoms with Crippen molar-refractivity contribution < 1.29 is 0 Å². The van der Waals surface area contributed by atoms with Crippen molar-refractivity contribution in [2.75, 3.05) is 0 Å². The zero-order valence-electron chi connectivity index (χ0n) is 11.7. The van der Waals surface area contributed by atoms with Crippen LogP contribution >= 0.6 is 11.6 Å². The van der Waals surface area contributed by atoms with Gasteiger partial charge in [0.1, 0.15) is 6.54 Å². The molecule has 22 heavy (non-hydrogen) atoms. The summed E-state index contributed by atoms with van der Waals surface area (Å²) in [4.78, 5) is 24.5. The highest BCUT2D eigenvalue weighted by molar-refractivity contribution is 6.31. The Kier molecular flexibility index (Phi) is 3.35. The Morgan fingerprint density at radius 1 is 1.32 bits per heavy atom. The Morgan fingerprint density at radius 2 is 2.09 bits per heavy atom. The molecule has 0 unspecified atom stereocenters. The summed E-state index contributed by atoms with van der Waals surface area (Å²) in [7, 11) is 0. The fraction of sp³-hybridized carbons (Fsp3) is 0.133. The van der Waals surface area contributed by atoms with Crippen LogP contribution in [0.1, 0.15) is 5.56 Å². The molecule has 0 N–H and O–H groups in total. The van der Waals surface area contributed by atoms with E-state index < -0.39 is 11.2 Å². The van der Waals surface area contributed by atoms with Gasteiger partial charge in [-0.2, -0.15) is 0 Å². The molecule has 0 fully saturated rings. The number of fused-ring (bicyclic) bond motifs is 1. The third kappa shape index (κ3) is 2.12. The highest BCUT2D eigenvalue weighted by atomic mass is 35.5. The lowest BCUT2D eigenvalue weighted by Gasteiger charge is -2.07. The SMILES string of the molecule is C#CCn1nc2c(=O)n(-c3ccc(C)c(Cl)c3)ccn2c1=O. The summed E-state index contributed by atoms with van der Waals surface area (Å²) in [5.74, 6) is 2.33. The molecule has 2 heterocycles. The van der Waals surface area contributed by atoms with Crippen LogP contribution in [0.5, 0.6) is 0 Å². The van der Waals surface area contributed by atoms with Gasteiger partial charge in [-0.05, 0) is 24.6 Å². The molecule has 0 atom stereocenters. The molecule has 110 valence electrons. The normalized spacial score (nSPS) is 10.8. The minimum absolute atomic E-state index is 0.0102. The Labute approximate surface area is 130 Å². The summed E-state index contributed by atoms with van der Waals surface area (Å²) in [5.41, 5.74) is 0.657. The van der Waals surface area contributed by atoms with Gasteiger partial charge in [0.05, 0.1) is 5.69 Å². The molecule has 7 heteroatoms. The summed E-state index contributed by atoms with van der Waals surface area (Å²) in [6.07, 6.45) is 8.16. The molecular formula is C15H11ClN4O2. The highest BCUT2D eigenvalue weighted by Gasteiger charge is 2.12. The quantitative estimate of drug-likeness (QED) is 0.669. The molecule has 0 aliphatic rings. The van der Waals surface area contributed by atoms with Gasteiger partial charge in [0.25, 0.3) is 0 Å². The van der Waals surface area contributed by atoms with E-state index in [1.165, 1.54) is 21.4 Å². The molecular weight excluding hydrogens is 304 g/mol. The first-order chi connectivity index (χ1) is 10.5. The number of hydrogen-bond donors (Lipinski definition) is 0. The van der Waals surface area contributed by atoms with E-state index in [0.29, 0.717) is 10.7 Å². The minimum atomic E-state index is -0.445. The number of terminal acetylenes is 1. The van der Waals surface area contributed by atoms with Gasteiger partial charge < -0.3 is 0 Å². The Bertz CT molecular complexity index is 1040. The van der Waals surface area contributed by atoms with E-state index in [1.807, 2.05) is 13.0 Å². The number of rotatable bonds is 2. The molecule has 3 aromatic rings. The van der Waals surface area contributed by atoms with E-state index in [-0.39, 0.29) is 12.2 Å². The fourth-order valence-corrected chi connectivity index (χ4v) is 2.31. The van der Waals surface area contributed by atoms with E-state index >= 15 is 0 Å². The lowest BCUT2D eigenvalue weighted by molar-refractivity contribution is 0.684. The molecule has 0 bridgehead atoms. The maximum Gasteiger partial charge on any atom is 0.351 e. The van der Waals surface area contributed by atoms with Crippen LogP contribution < -0.4 is 11.2 Å². The number of hydrogen-bond acceptors (Lipinski definition) is 3. The maximum absolute atomic E-state index is 12.5. The lowest BCUT2D eigenvalue weighted by atomic mass is 10.2. The predicted octanol–water partition coefficient (Wildman–Crippen LogP) is 1.24. The zero-order valence-corrected chi connectivity index (χ0v) is 12.4. The van der Waals surface area contributed by atoms with Gasteiger partial charge in [-0.15, -0.1) is 11.5 Å². The first kappa shape index (κ1) is 14.2. The van der Waals surface area contributed by atoms with E-state index in [2.05, 4.69) is 11.0 Å². The topological polar surface area (TPSA) is 61.3 Å². The third-order valence-electron chi connectivity index (χ3n) is 3.32. The molecule has 0 aliphatic heterocycles. The van der Waals surface area contributed by atoms with Gasteiger partial charge in [0, 0.05) is 17.4 Å². The first-order valence-electron chi connectivity index (χ1n) is 6.44. The molecule has 3 rings (SSSR count). The number of benzene rings is 1. The van der Waals surface area contributed by atoms with Gasteiger partial charge in [0.2, 0.25) is 5.65 Å². The lowest BCUT2D eigenvalue weighted by Crippen LogP contribution is -2.24. The van der Waals surface area contributed by atoms with Crippen LogP contribution in [0.4, 0.5) is 0 Å². The number of nitrogens with zero attached hydrogens (tertiary/aromatic N) is 4. The van der Waals surface area contributed by atoms with Gasteiger partial charge >= 0.3 is 11.2 Å². The minimum Gasteiger partial charge on any atom is -0.280 e. The molecule has 6 nitrogen and oxygen atoms in total. The predicted molar refractivity (Wildman–Crippen MR) is 83.6 cm³/mol. The monoisotopic (exact) mass is 314 g/mol. The van der Waals surface area contributed by atoms with Crippen LogP contribution in [-0.4, -0.2) is 18.7 Å². The zero-order chi connectivity index (χ0) is 15.9. The molecule has 0 saturated carbocycles. The van der Waals surface area contributed by atoms with Crippen LogP contribution in [0.15, 0.2) is 40.2 Å². The molecule has 0 radical (unpaired) electrons. The number of halogens is 1. The Hall–Kier alpha value is -2.78. The summed E-state index contributed by atoms with van der Waals surface area (Å²) in [5, 5.41) is 4.54. The van der Waals surface area contributed by atoms with Crippen LogP contribution in [0.25, 0.3) is 11.3 Å². The van der Waals surface area contributed by atoms with Crippen molar-refractivity contribution in [3.05, 3.63) is 62.0 Å². The highest BCUT2D eigenvalue weighted by Crippen LogP contribution is 2.18. The molecule has 0 aliphatic carbocycles. The molecule has 0 amide bonds. The van der Waals surface area contributed by atoms with Crippen LogP contribution in [0.3, 0.4) is 0 Å². The molecule has 0 spiro atoms. The number of aromatic nitrogens is 4. The van der Waals surface area contributed by atoms with Crippen LogP contribution in [-0.2, 0) is 6.54 Å². The summed E-state index contributed by atoms with van der Waals surface area (Å²) in [6, 6.07) is 5.28. The smallest absolute Gasteiger partial charge is 0.280 e. The summed E-state index contributed by atoms with van der Waals surface area (Å²) in [6.45, 7) is 1.88. The standard InChI is InChI=1S/C15H11ClN4O2/c1-3-6-20-15(22)19-8-7-18(14(21)13(19)17-20)11-5-4-10(2)12(16)9-11/h1,4-5,7-9H,6H2,2H3. The number of aryl methyl sites for hydroxylation is 1.